The first kappa shape index (κ1) is 47.4. The van der Waals surface area contributed by atoms with Gasteiger partial charge >= 0.3 is 11.9 Å². The minimum absolute atomic E-state index is 0.0381. The monoisotopic (exact) mass is 890 g/mol. The second-order valence-electron chi connectivity index (χ2n) is 22.5. The van der Waals surface area contributed by atoms with Crippen LogP contribution in [0.4, 0.5) is 0 Å². The third-order valence-corrected chi connectivity index (χ3v) is 19.6. The molecule has 12 heteroatoms. The molecule has 0 bridgehead atoms. The average Bonchev–Trinajstić information content (AvgIpc) is 3.53. The standard InChI is InChI=1S/C51H71ClN2O9/c1-11-51-23-21-48(9)36(49(51,10)19-18-38(46(51,6)7)63-44(62)33-24-32(43(60)61)45(33,4)5)17-16-31-40-39(28(2)3)35(56)25-50(40,22-20-47(31,48)8)37(57)26-53-42(59)34(27-55)54-41(58)29-12-14-30(52)15-13-29/h11-15,28,31-34,36-38,55,57H,1,16-27H2,2-10H3,(H,53,59)(H,54,58)(H,60,61)/t31-,32+,33-,34+,36+,37+,38+,47-,48-,49-,50+,51+/m1/s1. The number of halogens is 1. The Morgan fingerprint density at radius 3 is 2.14 bits per heavy atom. The van der Waals surface area contributed by atoms with E-state index in [0.29, 0.717) is 30.2 Å². The highest BCUT2D eigenvalue weighted by Crippen LogP contribution is 2.80. The highest BCUT2D eigenvalue weighted by molar-refractivity contribution is 6.30. The Balaban J connectivity index is 1.13. The number of aliphatic hydroxyl groups is 2. The van der Waals surface area contributed by atoms with Crippen LogP contribution < -0.4 is 10.6 Å². The molecule has 5 N–H and O–H groups in total. The zero-order valence-electron chi connectivity index (χ0n) is 38.9. The van der Waals surface area contributed by atoms with E-state index in [1.54, 1.807) is 12.1 Å². The number of carboxylic acids is 1. The Hall–Kier alpha value is -3.54. The number of nitrogens with one attached hydrogen (secondary N) is 2. The van der Waals surface area contributed by atoms with Gasteiger partial charge in [-0.15, -0.1) is 6.58 Å². The van der Waals surface area contributed by atoms with Crippen molar-refractivity contribution in [2.45, 2.75) is 145 Å². The lowest BCUT2D eigenvalue weighted by Crippen LogP contribution is -2.70. The van der Waals surface area contributed by atoms with Crippen LogP contribution >= 0.6 is 11.6 Å². The van der Waals surface area contributed by atoms with Gasteiger partial charge < -0.3 is 30.7 Å². The van der Waals surface area contributed by atoms with Gasteiger partial charge in [0.1, 0.15) is 12.1 Å². The Labute approximate surface area is 378 Å². The molecular weight excluding hydrogens is 820 g/mol. The molecule has 2 amide bonds. The van der Waals surface area contributed by atoms with Crippen LogP contribution in [0.25, 0.3) is 0 Å². The number of carbonyl (C=O) groups is 5. The maximum Gasteiger partial charge on any atom is 0.309 e. The van der Waals surface area contributed by atoms with Crippen molar-refractivity contribution in [3.63, 3.8) is 0 Å². The number of ether oxygens (including phenoxy) is 1. The lowest BCUT2D eigenvalue weighted by Gasteiger charge is -2.75. The molecule has 1 aromatic rings. The first-order chi connectivity index (χ1) is 29.3. The fourth-order valence-corrected chi connectivity index (χ4v) is 15.4. The number of hydrogen-bond donors (Lipinski definition) is 5. The van der Waals surface area contributed by atoms with Crippen molar-refractivity contribution in [3.05, 3.63) is 58.7 Å². The van der Waals surface area contributed by atoms with Gasteiger partial charge in [-0.2, -0.15) is 0 Å². The molecule has 5 fully saturated rings. The van der Waals surface area contributed by atoms with Crippen molar-refractivity contribution in [3.8, 4) is 0 Å². The molecular formula is C51H71ClN2O9. The SMILES string of the molecule is C=C[C@@]12CC[C@]3(C)[C@H](CC[C@@H]4C5=C(C(C)C)C(=O)C[C@]5([C@@H](O)CNC(=O)[C@H](CO)NC(=O)c5ccc(Cl)cc5)CC[C@]43C)[C@@]1(C)CC[C@H](OC(=O)[C@H]1C[C@@H](C(=O)O)C1(C)C)C2(C)C. The number of ketones is 1. The molecule has 63 heavy (non-hydrogen) atoms. The Kier molecular flexibility index (Phi) is 12.1. The topological polar surface area (TPSA) is 179 Å². The molecule has 346 valence electrons. The number of fused-ring (bicyclic) bond motifs is 7. The van der Waals surface area contributed by atoms with Gasteiger partial charge in [-0.1, -0.05) is 85.6 Å². The van der Waals surface area contributed by atoms with Gasteiger partial charge in [0.25, 0.3) is 5.91 Å². The minimum atomic E-state index is -1.25. The van der Waals surface area contributed by atoms with E-state index in [2.05, 4.69) is 71.8 Å². The zero-order chi connectivity index (χ0) is 46.5. The third-order valence-electron chi connectivity index (χ3n) is 19.4. The summed E-state index contributed by atoms with van der Waals surface area (Å²) in [5.74, 6) is -3.03. The van der Waals surface area contributed by atoms with Crippen LogP contribution in [-0.4, -0.2) is 76.3 Å². The minimum Gasteiger partial charge on any atom is -0.481 e. The smallest absolute Gasteiger partial charge is 0.309 e. The van der Waals surface area contributed by atoms with Gasteiger partial charge in [0, 0.05) is 39.8 Å². The van der Waals surface area contributed by atoms with E-state index in [4.69, 9.17) is 16.3 Å². The maximum atomic E-state index is 14.2. The normalized spacial score (nSPS) is 38.4. The van der Waals surface area contributed by atoms with Crippen LogP contribution in [0.3, 0.4) is 0 Å². The molecule has 5 saturated carbocycles. The second-order valence-corrected chi connectivity index (χ2v) is 22.9. The molecule has 0 heterocycles. The molecule has 6 aliphatic carbocycles. The third kappa shape index (κ3) is 6.81. The van der Waals surface area contributed by atoms with Crippen molar-refractivity contribution in [1.82, 2.24) is 10.6 Å². The van der Waals surface area contributed by atoms with E-state index in [9.17, 15) is 39.3 Å². The summed E-state index contributed by atoms with van der Waals surface area (Å²) in [7, 11) is 0. The molecule has 0 radical (unpaired) electrons. The summed E-state index contributed by atoms with van der Waals surface area (Å²) >= 11 is 5.97. The van der Waals surface area contributed by atoms with Crippen LogP contribution in [0.1, 0.15) is 137 Å². The van der Waals surface area contributed by atoms with Crippen LogP contribution in [0.2, 0.25) is 5.02 Å². The van der Waals surface area contributed by atoms with Crippen LogP contribution in [-0.2, 0) is 23.9 Å². The Morgan fingerprint density at radius 1 is 0.905 bits per heavy atom. The molecule has 0 aromatic heterocycles. The summed E-state index contributed by atoms with van der Waals surface area (Å²) in [6.07, 6.45) is 7.70. The first-order valence-electron chi connectivity index (χ1n) is 23.3. The van der Waals surface area contributed by atoms with Crippen molar-refractivity contribution in [2.75, 3.05) is 13.2 Å². The number of amides is 2. The van der Waals surface area contributed by atoms with Gasteiger partial charge in [0.15, 0.2) is 5.78 Å². The number of carbonyl (C=O) groups excluding carboxylic acids is 4. The molecule has 0 spiro atoms. The van der Waals surface area contributed by atoms with Crippen molar-refractivity contribution >= 4 is 41.1 Å². The molecule has 12 atom stereocenters. The number of benzene rings is 1. The van der Waals surface area contributed by atoms with Gasteiger partial charge in [-0.3, -0.25) is 24.0 Å². The van der Waals surface area contributed by atoms with Crippen molar-refractivity contribution in [2.24, 2.45) is 67.5 Å². The predicted octanol–water partition coefficient (Wildman–Crippen LogP) is 8.10. The van der Waals surface area contributed by atoms with E-state index in [0.717, 1.165) is 49.7 Å². The molecule has 11 nitrogen and oxygen atoms in total. The highest BCUT2D eigenvalue weighted by atomic mass is 35.5. The molecule has 1 aromatic carbocycles. The van der Waals surface area contributed by atoms with Gasteiger partial charge in [0.05, 0.1) is 24.5 Å². The van der Waals surface area contributed by atoms with Crippen LogP contribution in [0.15, 0.2) is 48.1 Å². The zero-order valence-corrected chi connectivity index (χ0v) is 39.6. The van der Waals surface area contributed by atoms with Crippen molar-refractivity contribution in [1.29, 1.82) is 0 Å². The number of carboxylic acid groups (broad SMARTS) is 1. The van der Waals surface area contributed by atoms with Crippen molar-refractivity contribution < 1.29 is 44.0 Å². The van der Waals surface area contributed by atoms with Crippen LogP contribution in [0.5, 0.6) is 0 Å². The summed E-state index contributed by atoms with van der Waals surface area (Å²) in [6, 6.07) is 4.94. The number of Topliss-reactive ketones (excluding diaryl/α,β-unsaturated/α-hetero) is 1. The summed E-state index contributed by atoms with van der Waals surface area (Å²) < 4.78 is 6.48. The Morgan fingerprint density at radius 2 is 1.56 bits per heavy atom. The molecule has 7 rings (SSSR count). The van der Waals surface area contributed by atoms with Gasteiger partial charge in [0.2, 0.25) is 5.91 Å². The van der Waals surface area contributed by atoms with E-state index in [-0.39, 0.29) is 69.9 Å². The number of rotatable bonds is 12. The molecule has 6 aliphatic rings. The lowest BCUT2D eigenvalue weighted by molar-refractivity contribution is -0.263. The maximum absolute atomic E-state index is 14.2. The highest BCUT2D eigenvalue weighted by Gasteiger charge is 2.74. The molecule has 0 unspecified atom stereocenters. The van der Waals surface area contributed by atoms with Gasteiger partial charge in [-0.05, 0) is 127 Å². The number of esters is 1. The van der Waals surface area contributed by atoms with E-state index < -0.39 is 64.6 Å². The van der Waals surface area contributed by atoms with Gasteiger partial charge in [-0.25, -0.2) is 0 Å². The fraction of sp³-hybridized carbons (Fsp3) is 0.706. The number of aliphatic carboxylic acids is 1. The quantitative estimate of drug-likeness (QED) is 0.102. The Bertz CT molecular complexity index is 2100. The fourth-order valence-electron chi connectivity index (χ4n) is 15.3. The summed E-state index contributed by atoms with van der Waals surface area (Å²) in [5.41, 5.74) is -0.703. The number of hydrogen-bond acceptors (Lipinski definition) is 8. The lowest BCUT2D eigenvalue weighted by atomic mass is 9.29. The number of aliphatic hydroxyl groups excluding tert-OH is 2. The molecule has 0 saturated heterocycles. The first-order valence-corrected chi connectivity index (χ1v) is 23.7. The van der Waals surface area contributed by atoms with E-state index >= 15 is 0 Å². The predicted molar refractivity (Wildman–Crippen MR) is 240 cm³/mol. The van der Waals surface area contributed by atoms with Crippen LogP contribution in [0, 0.1) is 67.5 Å². The number of allylic oxidation sites excluding steroid dienone is 2. The second kappa shape index (κ2) is 16.1. The summed E-state index contributed by atoms with van der Waals surface area (Å²) in [5, 5.41) is 38.0. The summed E-state index contributed by atoms with van der Waals surface area (Å²) in [6.45, 7) is 23.4. The van der Waals surface area contributed by atoms with E-state index in [1.165, 1.54) is 12.1 Å². The summed E-state index contributed by atoms with van der Waals surface area (Å²) in [4.78, 5) is 66.3. The average molecular weight is 892 g/mol. The van der Waals surface area contributed by atoms with E-state index in [1.807, 2.05) is 13.8 Å². The molecule has 0 aliphatic heterocycles. The largest absolute Gasteiger partial charge is 0.481 e.